The van der Waals surface area contributed by atoms with Crippen LogP contribution in [0.2, 0.25) is 0 Å². The predicted molar refractivity (Wildman–Crippen MR) is 90.7 cm³/mol. The Kier molecular flexibility index (Phi) is 4.94. The molecule has 0 aliphatic carbocycles. The molecule has 0 radical (unpaired) electrons. The van der Waals surface area contributed by atoms with Crippen LogP contribution in [0.1, 0.15) is 19.4 Å². The van der Waals surface area contributed by atoms with Crippen LogP contribution in [-0.4, -0.2) is 11.5 Å². The number of aryl methyl sites for hydroxylation is 1. The molecule has 0 fully saturated rings. The summed E-state index contributed by atoms with van der Waals surface area (Å²) >= 11 is 0. The average molecular weight is 296 g/mol. The fraction of sp³-hybridized carbons (Fsp3) is 0.222. The van der Waals surface area contributed by atoms with Gasteiger partial charge in [0, 0.05) is 30.1 Å². The highest BCUT2D eigenvalue weighted by atomic mass is 16.6. The Morgan fingerprint density at radius 2 is 1.82 bits per heavy atom. The first-order valence-electron chi connectivity index (χ1n) is 7.19. The smallest absolute Gasteiger partial charge is 0.271 e. The number of nitrogens with zero attached hydrogens (tertiary/aromatic N) is 2. The summed E-state index contributed by atoms with van der Waals surface area (Å²) in [5, 5.41) is 11.0. The van der Waals surface area contributed by atoms with E-state index in [1.165, 1.54) is 17.2 Å². The van der Waals surface area contributed by atoms with Crippen molar-refractivity contribution in [3.05, 3.63) is 75.9 Å². The van der Waals surface area contributed by atoms with Crippen LogP contribution in [0.5, 0.6) is 0 Å². The van der Waals surface area contributed by atoms with E-state index in [2.05, 4.69) is 11.0 Å². The van der Waals surface area contributed by atoms with Crippen LogP contribution in [0.25, 0.3) is 0 Å². The van der Waals surface area contributed by atoms with Crippen molar-refractivity contribution in [3.8, 4) is 0 Å². The first-order chi connectivity index (χ1) is 10.5. The van der Waals surface area contributed by atoms with Crippen LogP contribution in [-0.2, 0) is 0 Å². The molecule has 2 aromatic carbocycles. The molecule has 0 spiro atoms. The minimum Gasteiger partial charge on any atom is -0.337 e. The number of nitro benzene ring substituents is 1. The highest BCUT2D eigenvalue weighted by Crippen LogP contribution is 2.28. The highest BCUT2D eigenvalue weighted by molar-refractivity contribution is 5.66. The van der Waals surface area contributed by atoms with Crippen LogP contribution >= 0.6 is 0 Å². The number of anilines is 2. The summed E-state index contributed by atoms with van der Waals surface area (Å²) in [6.45, 7) is 6.80. The van der Waals surface area contributed by atoms with Gasteiger partial charge in [-0.25, -0.2) is 0 Å². The van der Waals surface area contributed by atoms with E-state index in [9.17, 15) is 10.1 Å². The molecular formula is C18H20N2O2. The van der Waals surface area contributed by atoms with Gasteiger partial charge in [0.25, 0.3) is 5.69 Å². The number of non-ortho nitro benzene ring substituents is 1. The van der Waals surface area contributed by atoms with E-state index in [-0.39, 0.29) is 10.6 Å². The Morgan fingerprint density at radius 3 is 2.41 bits per heavy atom. The molecule has 0 atom stereocenters. The van der Waals surface area contributed by atoms with Crippen molar-refractivity contribution in [2.45, 2.75) is 20.8 Å². The second kappa shape index (κ2) is 6.89. The second-order valence-corrected chi connectivity index (χ2v) is 5.50. The molecule has 2 aromatic rings. The van der Waals surface area contributed by atoms with E-state index >= 15 is 0 Å². The number of nitro groups is 1. The number of hydrogen-bond acceptors (Lipinski definition) is 3. The van der Waals surface area contributed by atoms with Gasteiger partial charge in [-0.15, -0.1) is 0 Å². The first kappa shape index (κ1) is 15.8. The van der Waals surface area contributed by atoms with Gasteiger partial charge in [0.2, 0.25) is 0 Å². The van der Waals surface area contributed by atoms with E-state index in [0.717, 1.165) is 11.4 Å². The molecule has 2 rings (SSSR count). The van der Waals surface area contributed by atoms with E-state index in [4.69, 9.17) is 0 Å². The Morgan fingerprint density at radius 1 is 1.14 bits per heavy atom. The quantitative estimate of drug-likeness (QED) is 0.443. The van der Waals surface area contributed by atoms with Gasteiger partial charge >= 0.3 is 0 Å². The molecule has 4 heteroatoms. The zero-order valence-electron chi connectivity index (χ0n) is 13.1. The molecule has 114 valence electrons. The lowest BCUT2D eigenvalue weighted by molar-refractivity contribution is -0.384. The molecule has 0 amide bonds. The molecule has 0 saturated heterocycles. The molecular weight excluding hydrogens is 276 g/mol. The Balaban J connectivity index is 2.43. The minimum absolute atomic E-state index is 0.104. The van der Waals surface area contributed by atoms with E-state index < -0.39 is 0 Å². The molecule has 4 nitrogen and oxygen atoms in total. The predicted octanol–water partition coefficient (Wildman–Crippen LogP) is 5.01. The molecule has 22 heavy (non-hydrogen) atoms. The fourth-order valence-electron chi connectivity index (χ4n) is 2.13. The molecule has 0 N–H and O–H groups in total. The standard InChI is InChI=1S/C18H20N2O2/c1-14(2)11-12-19(16-9-7-15(3)8-10-16)17-5-4-6-18(13-17)20(21)22/h4-11,13H,12H2,1-3H3. The van der Waals surface area contributed by atoms with Crippen molar-refractivity contribution in [1.29, 1.82) is 0 Å². The lowest BCUT2D eigenvalue weighted by Gasteiger charge is -2.24. The monoisotopic (exact) mass is 296 g/mol. The molecule has 0 bridgehead atoms. The van der Waals surface area contributed by atoms with Gasteiger partial charge in [-0.2, -0.15) is 0 Å². The van der Waals surface area contributed by atoms with Crippen LogP contribution in [0, 0.1) is 17.0 Å². The Hall–Kier alpha value is -2.62. The number of hydrogen-bond donors (Lipinski definition) is 0. The Bertz CT molecular complexity index is 686. The van der Waals surface area contributed by atoms with Crippen molar-refractivity contribution in [2.75, 3.05) is 11.4 Å². The fourth-order valence-corrected chi connectivity index (χ4v) is 2.13. The SMILES string of the molecule is CC(C)=CCN(c1ccc(C)cc1)c1cccc([N+](=O)[O-])c1. The van der Waals surface area contributed by atoms with E-state index in [0.29, 0.717) is 6.54 Å². The summed E-state index contributed by atoms with van der Waals surface area (Å²) in [7, 11) is 0. The van der Waals surface area contributed by atoms with Crippen LogP contribution in [0.3, 0.4) is 0 Å². The van der Waals surface area contributed by atoms with Crippen molar-refractivity contribution < 1.29 is 4.92 Å². The maximum absolute atomic E-state index is 11.0. The van der Waals surface area contributed by atoms with Crippen LogP contribution in [0.15, 0.2) is 60.2 Å². The third kappa shape index (κ3) is 3.95. The molecule has 0 unspecified atom stereocenters. The van der Waals surface area contributed by atoms with Crippen LogP contribution < -0.4 is 4.90 Å². The average Bonchev–Trinajstić information content (AvgIpc) is 2.49. The first-order valence-corrected chi connectivity index (χ1v) is 7.19. The van der Waals surface area contributed by atoms with Crippen LogP contribution in [0.4, 0.5) is 17.1 Å². The van der Waals surface area contributed by atoms with Gasteiger partial charge in [-0.1, -0.05) is 35.4 Å². The van der Waals surface area contributed by atoms with Crippen molar-refractivity contribution >= 4 is 17.1 Å². The highest BCUT2D eigenvalue weighted by Gasteiger charge is 2.12. The molecule has 0 saturated carbocycles. The van der Waals surface area contributed by atoms with Gasteiger partial charge in [-0.3, -0.25) is 10.1 Å². The third-order valence-corrected chi connectivity index (χ3v) is 3.38. The third-order valence-electron chi connectivity index (χ3n) is 3.38. The summed E-state index contributed by atoms with van der Waals surface area (Å²) in [6, 6.07) is 14.9. The summed E-state index contributed by atoms with van der Waals surface area (Å²) in [5.74, 6) is 0. The largest absolute Gasteiger partial charge is 0.337 e. The Labute approximate surface area is 130 Å². The van der Waals surface area contributed by atoms with E-state index in [1.807, 2.05) is 51.1 Å². The van der Waals surface area contributed by atoms with Gasteiger partial charge in [0.05, 0.1) is 4.92 Å². The molecule has 0 aromatic heterocycles. The lowest BCUT2D eigenvalue weighted by Crippen LogP contribution is -2.17. The summed E-state index contributed by atoms with van der Waals surface area (Å²) in [4.78, 5) is 12.7. The zero-order valence-corrected chi connectivity index (χ0v) is 13.1. The van der Waals surface area contributed by atoms with E-state index in [1.54, 1.807) is 12.1 Å². The zero-order chi connectivity index (χ0) is 16.1. The maximum Gasteiger partial charge on any atom is 0.271 e. The van der Waals surface area contributed by atoms with Crippen molar-refractivity contribution in [2.24, 2.45) is 0 Å². The normalized spacial score (nSPS) is 10.1. The van der Waals surface area contributed by atoms with Crippen molar-refractivity contribution in [3.63, 3.8) is 0 Å². The number of benzene rings is 2. The van der Waals surface area contributed by atoms with Gasteiger partial charge in [-0.05, 0) is 39.0 Å². The molecule has 0 aliphatic rings. The maximum atomic E-state index is 11.0. The number of allylic oxidation sites excluding steroid dienone is 1. The van der Waals surface area contributed by atoms with Crippen molar-refractivity contribution in [1.82, 2.24) is 0 Å². The van der Waals surface area contributed by atoms with Gasteiger partial charge < -0.3 is 4.90 Å². The summed E-state index contributed by atoms with van der Waals surface area (Å²) in [6.07, 6.45) is 2.11. The summed E-state index contributed by atoms with van der Waals surface area (Å²) in [5.41, 5.74) is 4.33. The summed E-state index contributed by atoms with van der Waals surface area (Å²) < 4.78 is 0. The van der Waals surface area contributed by atoms with Gasteiger partial charge in [0.15, 0.2) is 0 Å². The lowest BCUT2D eigenvalue weighted by atomic mass is 10.1. The van der Waals surface area contributed by atoms with Gasteiger partial charge in [0.1, 0.15) is 0 Å². The second-order valence-electron chi connectivity index (χ2n) is 5.50. The number of rotatable bonds is 5. The molecule has 0 heterocycles. The molecule has 0 aliphatic heterocycles. The minimum atomic E-state index is -0.363. The topological polar surface area (TPSA) is 46.4 Å².